The molecule has 1 aliphatic carbocycles. The smallest absolute Gasteiger partial charge is 0.224 e. The van der Waals surface area contributed by atoms with Crippen LogP contribution >= 0.6 is 0 Å². The van der Waals surface area contributed by atoms with Gasteiger partial charge in [-0.1, -0.05) is 44.4 Å². The zero-order valence-corrected chi connectivity index (χ0v) is 19.3. The van der Waals surface area contributed by atoms with Gasteiger partial charge in [0.25, 0.3) is 0 Å². The van der Waals surface area contributed by atoms with Crippen LogP contribution in [0.2, 0.25) is 0 Å². The first-order valence-corrected chi connectivity index (χ1v) is 12.1. The maximum absolute atomic E-state index is 12.8. The summed E-state index contributed by atoms with van der Waals surface area (Å²) in [6.07, 6.45) is 7.98. The third-order valence-electron chi connectivity index (χ3n) is 6.74. The molecule has 4 rings (SSSR count). The van der Waals surface area contributed by atoms with Gasteiger partial charge in [0.2, 0.25) is 11.8 Å². The van der Waals surface area contributed by atoms with E-state index in [9.17, 15) is 9.59 Å². The molecular weight excluding hydrogens is 402 g/mol. The number of rotatable bonds is 6. The molecule has 0 radical (unpaired) electrons. The molecule has 7 heteroatoms. The zero-order chi connectivity index (χ0) is 22.5. The van der Waals surface area contributed by atoms with E-state index >= 15 is 0 Å². The fraction of sp³-hybridized carbons (Fsp3) is 0.560. The van der Waals surface area contributed by atoms with Gasteiger partial charge in [-0.25, -0.2) is 4.68 Å². The van der Waals surface area contributed by atoms with Crippen LogP contribution in [-0.4, -0.2) is 40.7 Å². The Morgan fingerprint density at radius 2 is 1.72 bits per heavy atom. The summed E-state index contributed by atoms with van der Waals surface area (Å²) < 4.78 is 1.92. The van der Waals surface area contributed by atoms with E-state index in [1.165, 1.54) is 19.3 Å². The van der Waals surface area contributed by atoms with Crippen LogP contribution in [-0.2, 0) is 9.59 Å². The molecule has 2 amide bonds. The molecular formula is C25H35N5O2. The quantitative estimate of drug-likeness (QED) is 0.710. The third-order valence-corrected chi connectivity index (χ3v) is 6.74. The summed E-state index contributed by atoms with van der Waals surface area (Å²) in [5.74, 6) is 1.14. The fourth-order valence-electron chi connectivity index (χ4n) is 4.85. The minimum atomic E-state index is -0.0243. The molecule has 0 bridgehead atoms. The highest BCUT2D eigenvalue weighted by molar-refractivity contribution is 5.94. The SMILES string of the molecule is CCC(=O)Nc1c(C)nn(-c2ccccc2)c1N1CCC(C(=O)NC2CCCCC2)CC1. The van der Waals surface area contributed by atoms with Crippen molar-refractivity contribution in [1.29, 1.82) is 0 Å². The van der Waals surface area contributed by atoms with Crippen molar-refractivity contribution in [3.05, 3.63) is 36.0 Å². The highest BCUT2D eigenvalue weighted by Crippen LogP contribution is 2.35. The molecule has 2 aromatic rings. The Hall–Kier alpha value is -2.83. The van der Waals surface area contributed by atoms with Crippen LogP contribution < -0.4 is 15.5 Å². The van der Waals surface area contributed by atoms with Crippen molar-refractivity contribution in [2.75, 3.05) is 23.3 Å². The Morgan fingerprint density at radius 3 is 2.38 bits per heavy atom. The maximum Gasteiger partial charge on any atom is 0.224 e. The highest BCUT2D eigenvalue weighted by Gasteiger charge is 2.31. The minimum Gasteiger partial charge on any atom is -0.355 e. The highest BCUT2D eigenvalue weighted by atomic mass is 16.2. The number of anilines is 2. The number of aromatic nitrogens is 2. The van der Waals surface area contributed by atoms with E-state index in [4.69, 9.17) is 5.10 Å². The Morgan fingerprint density at radius 1 is 1.03 bits per heavy atom. The van der Waals surface area contributed by atoms with Gasteiger partial charge in [-0.3, -0.25) is 9.59 Å². The number of carbonyl (C=O) groups is 2. The van der Waals surface area contributed by atoms with Gasteiger partial charge in [0.1, 0.15) is 5.69 Å². The summed E-state index contributed by atoms with van der Waals surface area (Å²) in [6.45, 7) is 5.30. The number of amides is 2. The molecule has 1 aliphatic heterocycles. The van der Waals surface area contributed by atoms with Crippen LogP contribution in [0.1, 0.15) is 64.0 Å². The van der Waals surface area contributed by atoms with E-state index < -0.39 is 0 Å². The van der Waals surface area contributed by atoms with Gasteiger partial charge in [0.15, 0.2) is 5.82 Å². The molecule has 0 unspecified atom stereocenters. The van der Waals surface area contributed by atoms with Crippen molar-refractivity contribution in [3.8, 4) is 5.69 Å². The summed E-state index contributed by atoms with van der Waals surface area (Å²) in [7, 11) is 0. The molecule has 0 spiro atoms. The van der Waals surface area contributed by atoms with Gasteiger partial charge in [0, 0.05) is 31.5 Å². The second-order valence-electron chi connectivity index (χ2n) is 9.04. The zero-order valence-electron chi connectivity index (χ0n) is 19.3. The van der Waals surface area contributed by atoms with Gasteiger partial charge in [-0.05, 0) is 44.7 Å². The fourth-order valence-corrected chi connectivity index (χ4v) is 4.85. The summed E-state index contributed by atoms with van der Waals surface area (Å²) in [4.78, 5) is 27.3. The van der Waals surface area contributed by atoms with Gasteiger partial charge < -0.3 is 15.5 Å². The predicted molar refractivity (Wildman–Crippen MR) is 127 cm³/mol. The van der Waals surface area contributed by atoms with Crippen LogP contribution in [0, 0.1) is 12.8 Å². The first-order valence-electron chi connectivity index (χ1n) is 12.1. The standard InChI is InChI=1S/C25H35N5O2/c1-3-22(31)27-23-18(2)28-30(21-12-8-5-9-13-21)25(23)29-16-14-19(15-17-29)24(32)26-20-10-6-4-7-11-20/h5,8-9,12-13,19-20H,3-4,6-7,10-11,14-17H2,1-2H3,(H,26,32)(H,27,31). The Labute approximate surface area is 190 Å². The molecule has 2 aliphatic rings. The van der Waals surface area contributed by atoms with Crippen molar-refractivity contribution in [1.82, 2.24) is 15.1 Å². The summed E-state index contributed by atoms with van der Waals surface area (Å²) >= 11 is 0. The molecule has 0 atom stereocenters. The van der Waals surface area contributed by atoms with E-state index in [2.05, 4.69) is 15.5 Å². The third kappa shape index (κ3) is 4.97. The lowest BCUT2D eigenvalue weighted by Crippen LogP contribution is -2.44. The number of hydrogen-bond donors (Lipinski definition) is 2. The van der Waals surface area contributed by atoms with Crippen LogP contribution in [0.3, 0.4) is 0 Å². The van der Waals surface area contributed by atoms with E-state index in [0.717, 1.165) is 61.7 Å². The summed E-state index contributed by atoms with van der Waals surface area (Å²) in [5.41, 5.74) is 2.52. The number of piperidine rings is 1. The number of nitrogens with zero attached hydrogens (tertiary/aromatic N) is 3. The van der Waals surface area contributed by atoms with Crippen LogP contribution in [0.15, 0.2) is 30.3 Å². The number of nitrogens with one attached hydrogen (secondary N) is 2. The Bertz CT molecular complexity index is 925. The second-order valence-corrected chi connectivity index (χ2v) is 9.04. The first kappa shape index (κ1) is 22.4. The molecule has 1 aromatic heterocycles. The molecule has 1 aromatic carbocycles. The summed E-state index contributed by atoms with van der Waals surface area (Å²) in [6, 6.07) is 10.4. The van der Waals surface area contributed by atoms with Crippen molar-refractivity contribution in [2.45, 2.75) is 71.3 Å². The normalized spacial score (nSPS) is 17.9. The Kier molecular flexibility index (Phi) is 7.12. The average Bonchev–Trinajstić information content (AvgIpc) is 3.16. The van der Waals surface area contributed by atoms with Gasteiger partial charge >= 0.3 is 0 Å². The minimum absolute atomic E-state index is 0.0243. The van der Waals surface area contributed by atoms with Gasteiger partial charge in [-0.2, -0.15) is 5.10 Å². The lowest BCUT2D eigenvalue weighted by Gasteiger charge is -2.34. The molecule has 172 valence electrons. The molecule has 32 heavy (non-hydrogen) atoms. The molecule has 1 saturated carbocycles. The lowest BCUT2D eigenvalue weighted by molar-refractivity contribution is -0.126. The summed E-state index contributed by atoms with van der Waals surface area (Å²) in [5, 5.41) is 11.1. The first-order chi connectivity index (χ1) is 15.6. The number of hydrogen-bond acceptors (Lipinski definition) is 4. The van der Waals surface area contributed by atoms with Crippen LogP contribution in [0.5, 0.6) is 0 Å². The van der Waals surface area contributed by atoms with E-state index in [1.807, 2.05) is 48.9 Å². The number of benzene rings is 1. The lowest BCUT2D eigenvalue weighted by atomic mass is 9.92. The van der Waals surface area contributed by atoms with E-state index in [1.54, 1.807) is 0 Å². The van der Waals surface area contributed by atoms with E-state index in [-0.39, 0.29) is 17.7 Å². The van der Waals surface area contributed by atoms with Crippen molar-refractivity contribution in [2.24, 2.45) is 5.92 Å². The monoisotopic (exact) mass is 437 g/mol. The molecule has 2 fully saturated rings. The molecule has 1 saturated heterocycles. The average molecular weight is 438 g/mol. The molecule has 2 N–H and O–H groups in total. The second kappa shape index (κ2) is 10.2. The van der Waals surface area contributed by atoms with Crippen molar-refractivity contribution >= 4 is 23.3 Å². The number of carbonyl (C=O) groups excluding carboxylic acids is 2. The number of para-hydroxylation sites is 1. The van der Waals surface area contributed by atoms with Crippen LogP contribution in [0.25, 0.3) is 5.69 Å². The van der Waals surface area contributed by atoms with Crippen LogP contribution in [0.4, 0.5) is 11.5 Å². The van der Waals surface area contributed by atoms with Gasteiger partial charge in [-0.15, -0.1) is 0 Å². The van der Waals surface area contributed by atoms with Crippen molar-refractivity contribution in [3.63, 3.8) is 0 Å². The number of aryl methyl sites for hydroxylation is 1. The van der Waals surface area contributed by atoms with Crippen molar-refractivity contribution < 1.29 is 9.59 Å². The topological polar surface area (TPSA) is 79.3 Å². The maximum atomic E-state index is 12.8. The molecule has 7 nitrogen and oxygen atoms in total. The van der Waals surface area contributed by atoms with E-state index in [0.29, 0.717) is 12.5 Å². The molecule has 2 heterocycles. The Balaban J connectivity index is 1.51. The predicted octanol–water partition coefficient (Wildman–Crippen LogP) is 4.19. The van der Waals surface area contributed by atoms with Gasteiger partial charge in [0.05, 0.1) is 11.4 Å². The largest absolute Gasteiger partial charge is 0.355 e.